The van der Waals surface area contributed by atoms with Gasteiger partial charge in [0.2, 0.25) is 0 Å². The molecule has 0 saturated carbocycles. The summed E-state index contributed by atoms with van der Waals surface area (Å²) >= 11 is 0. The lowest BCUT2D eigenvalue weighted by Crippen LogP contribution is -2.29. The molecule has 0 aromatic rings. The van der Waals surface area contributed by atoms with Crippen LogP contribution in [0.25, 0.3) is 0 Å². The molecule has 1 aliphatic rings. The van der Waals surface area contributed by atoms with E-state index in [4.69, 9.17) is 4.74 Å². The van der Waals surface area contributed by atoms with Gasteiger partial charge in [0.15, 0.2) is 0 Å². The molecule has 0 aliphatic carbocycles. The van der Waals surface area contributed by atoms with Crippen LogP contribution in [0.15, 0.2) is 0 Å². The van der Waals surface area contributed by atoms with Crippen LogP contribution < -0.4 is 5.32 Å². The van der Waals surface area contributed by atoms with Crippen LogP contribution in [0.1, 0.15) is 13.8 Å². The van der Waals surface area contributed by atoms with Gasteiger partial charge in [-0.3, -0.25) is 0 Å². The summed E-state index contributed by atoms with van der Waals surface area (Å²) in [5, 5.41) is 3.37. The number of nitrogens with one attached hydrogen (secondary N) is 1. The zero-order valence-corrected chi connectivity index (χ0v) is 6.18. The lowest BCUT2D eigenvalue weighted by molar-refractivity contribution is 0.116. The summed E-state index contributed by atoms with van der Waals surface area (Å²) in [7, 11) is 0. The number of ether oxygens (including phenoxy) is 1. The molecule has 1 aliphatic heterocycles. The van der Waals surface area contributed by atoms with E-state index in [0.29, 0.717) is 12.0 Å². The molecule has 1 fully saturated rings. The summed E-state index contributed by atoms with van der Waals surface area (Å²) in [6, 6.07) is 0.537. The summed E-state index contributed by atoms with van der Waals surface area (Å²) in [6.07, 6.45) is 0. The molecule has 0 bridgehead atoms. The van der Waals surface area contributed by atoms with Gasteiger partial charge in [-0.05, 0) is 12.8 Å². The molecule has 0 spiro atoms. The summed E-state index contributed by atoms with van der Waals surface area (Å²) < 4.78 is 5.36. The lowest BCUT2D eigenvalue weighted by Gasteiger charge is -2.07. The highest BCUT2D eigenvalue weighted by molar-refractivity contribution is 4.66. The van der Waals surface area contributed by atoms with Crippen molar-refractivity contribution in [2.75, 3.05) is 19.8 Å². The number of hydrogen-bond donors (Lipinski definition) is 1. The normalized spacial score (nSPS) is 38.0. The molecule has 1 rings (SSSR count). The molecule has 2 atom stereocenters. The highest BCUT2D eigenvalue weighted by Crippen LogP contribution is 1.99. The van der Waals surface area contributed by atoms with Gasteiger partial charge >= 0.3 is 0 Å². The van der Waals surface area contributed by atoms with Crippen molar-refractivity contribution in [1.29, 1.82) is 0 Å². The van der Waals surface area contributed by atoms with E-state index >= 15 is 0 Å². The Morgan fingerprint density at radius 2 is 2.11 bits per heavy atom. The summed E-state index contributed by atoms with van der Waals surface area (Å²) in [5.41, 5.74) is 0. The van der Waals surface area contributed by atoms with Crippen LogP contribution in [0, 0.1) is 5.92 Å². The fraction of sp³-hybridized carbons (Fsp3) is 1.00. The second-order valence-electron chi connectivity index (χ2n) is 2.95. The maximum Gasteiger partial charge on any atom is 0.0617 e. The SMILES string of the molecule is C[C@H]1CN[C@@H](C)COC1. The van der Waals surface area contributed by atoms with Crippen LogP contribution in [0.5, 0.6) is 0 Å². The van der Waals surface area contributed by atoms with E-state index in [1.54, 1.807) is 0 Å². The molecule has 1 N–H and O–H groups in total. The Labute approximate surface area is 56.6 Å². The van der Waals surface area contributed by atoms with Crippen LogP contribution in [0.4, 0.5) is 0 Å². The van der Waals surface area contributed by atoms with Gasteiger partial charge in [0, 0.05) is 12.6 Å². The average molecular weight is 129 g/mol. The first-order valence-electron chi connectivity index (χ1n) is 3.60. The largest absolute Gasteiger partial charge is 0.380 e. The van der Waals surface area contributed by atoms with E-state index in [9.17, 15) is 0 Å². The van der Waals surface area contributed by atoms with Crippen molar-refractivity contribution in [2.24, 2.45) is 5.92 Å². The molecule has 0 aromatic heterocycles. The minimum atomic E-state index is 0.537. The molecule has 2 nitrogen and oxygen atoms in total. The third-order valence-corrected chi connectivity index (χ3v) is 1.58. The zero-order chi connectivity index (χ0) is 6.69. The Kier molecular flexibility index (Phi) is 2.49. The van der Waals surface area contributed by atoms with Crippen LogP contribution in [-0.4, -0.2) is 25.8 Å². The standard InChI is InChI=1S/C7H15NO/c1-6-3-8-7(2)5-9-4-6/h6-8H,3-5H2,1-2H3/t6-,7-/m0/s1. The van der Waals surface area contributed by atoms with Crippen molar-refractivity contribution < 1.29 is 4.74 Å². The number of rotatable bonds is 0. The maximum absolute atomic E-state index is 5.36. The van der Waals surface area contributed by atoms with E-state index in [2.05, 4.69) is 19.2 Å². The monoisotopic (exact) mass is 129 g/mol. The topological polar surface area (TPSA) is 21.3 Å². The second kappa shape index (κ2) is 3.18. The molecule has 54 valence electrons. The van der Waals surface area contributed by atoms with Crippen molar-refractivity contribution in [2.45, 2.75) is 19.9 Å². The summed E-state index contributed by atoms with van der Waals surface area (Å²) in [4.78, 5) is 0. The molecule has 0 aromatic carbocycles. The van der Waals surface area contributed by atoms with Crippen molar-refractivity contribution in [3.8, 4) is 0 Å². The van der Waals surface area contributed by atoms with E-state index in [0.717, 1.165) is 19.8 Å². The van der Waals surface area contributed by atoms with E-state index in [1.165, 1.54) is 0 Å². The van der Waals surface area contributed by atoms with E-state index in [1.807, 2.05) is 0 Å². The van der Waals surface area contributed by atoms with E-state index < -0.39 is 0 Å². The second-order valence-corrected chi connectivity index (χ2v) is 2.95. The quantitative estimate of drug-likeness (QED) is 0.518. The van der Waals surface area contributed by atoms with Gasteiger partial charge in [0.25, 0.3) is 0 Å². The van der Waals surface area contributed by atoms with Crippen molar-refractivity contribution in [1.82, 2.24) is 5.32 Å². The van der Waals surface area contributed by atoms with Gasteiger partial charge in [-0.1, -0.05) is 6.92 Å². The fourth-order valence-corrected chi connectivity index (χ4v) is 0.966. The average Bonchev–Trinajstić information content (AvgIpc) is 1.97. The van der Waals surface area contributed by atoms with Crippen molar-refractivity contribution in [3.63, 3.8) is 0 Å². The first kappa shape index (κ1) is 7.03. The predicted molar refractivity (Wildman–Crippen MR) is 37.4 cm³/mol. The molecule has 0 radical (unpaired) electrons. The maximum atomic E-state index is 5.36. The minimum Gasteiger partial charge on any atom is -0.380 e. The minimum absolute atomic E-state index is 0.537. The molecule has 9 heavy (non-hydrogen) atoms. The molecule has 0 unspecified atom stereocenters. The third kappa shape index (κ3) is 2.33. The van der Waals surface area contributed by atoms with Crippen molar-refractivity contribution in [3.05, 3.63) is 0 Å². The van der Waals surface area contributed by atoms with Crippen LogP contribution in [-0.2, 0) is 4.74 Å². The molecule has 1 saturated heterocycles. The third-order valence-electron chi connectivity index (χ3n) is 1.58. The van der Waals surface area contributed by atoms with Crippen molar-refractivity contribution >= 4 is 0 Å². The van der Waals surface area contributed by atoms with Gasteiger partial charge in [-0.15, -0.1) is 0 Å². The van der Waals surface area contributed by atoms with E-state index in [-0.39, 0.29) is 0 Å². The molecular formula is C7H15NO. The van der Waals surface area contributed by atoms with Crippen LogP contribution in [0.2, 0.25) is 0 Å². The van der Waals surface area contributed by atoms with Gasteiger partial charge in [-0.2, -0.15) is 0 Å². The van der Waals surface area contributed by atoms with Gasteiger partial charge in [0.05, 0.1) is 13.2 Å². The highest BCUT2D eigenvalue weighted by atomic mass is 16.5. The molecular weight excluding hydrogens is 114 g/mol. The lowest BCUT2D eigenvalue weighted by atomic mass is 10.2. The molecule has 1 heterocycles. The Morgan fingerprint density at radius 1 is 1.33 bits per heavy atom. The Hall–Kier alpha value is -0.0800. The Morgan fingerprint density at radius 3 is 2.89 bits per heavy atom. The number of hydrogen-bond acceptors (Lipinski definition) is 2. The summed E-state index contributed by atoms with van der Waals surface area (Å²) in [6.45, 7) is 7.23. The predicted octanol–water partition coefficient (Wildman–Crippen LogP) is 0.631. The molecule has 2 heteroatoms. The Balaban J connectivity index is 2.25. The van der Waals surface area contributed by atoms with Gasteiger partial charge in [0.1, 0.15) is 0 Å². The van der Waals surface area contributed by atoms with Gasteiger partial charge < -0.3 is 10.1 Å². The molecule has 0 amide bonds. The van der Waals surface area contributed by atoms with Gasteiger partial charge in [-0.25, -0.2) is 0 Å². The van der Waals surface area contributed by atoms with Crippen LogP contribution >= 0.6 is 0 Å². The summed E-state index contributed by atoms with van der Waals surface area (Å²) in [5.74, 6) is 0.676. The fourth-order valence-electron chi connectivity index (χ4n) is 0.966. The first-order valence-corrected chi connectivity index (χ1v) is 3.60. The zero-order valence-electron chi connectivity index (χ0n) is 6.18. The Bertz CT molecular complexity index is 75.0. The smallest absolute Gasteiger partial charge is 0.0617 e. The van der Waals surface area contributed by atoms with Crippen LogP contribution in [0.3, 0.4) is 0 Å². The highest BCUT2D eigenvalue weighted by Gasteiger charge is 2.10. The first-order chi connectivity index (χ1) is 4.29.